The highest BCUT2D eigenvalue weighted by Gasteiger charge is 2.10. The quantitative estimate of drug-likeness (QED) is 0.262. The summed E-state index contributed by atoms with van der Waals surface area (Å²) in [6.07, 6.45) is 1.47. The molecule has 24 heavy (non-hydrogen) atoms. The van der Waals surface area contributed by atoms with Gasteiger partial charge in [-0.2, -0.15) is 5.26 Å². The SMILES string of the molecule is CC(=O)Oc1ccc(C=C(C#N)C(=O)Nc2cccc(I)c2)cc1. The van der Waals surface area contributed by atoms with Gasteiger partial charge in [0, 0.05) is 16.2 Å². The highest BCUT2D eigenvalue weighted by molar-refractivity contribution is 14.1. The molecule has 1 N–H and O–H groups in total. The number of amides is 1. The number of benzene rings is 2. The Morgan fingerprint density at radius 1 is 1.21 bits per heavy atom. The number of nitriles is 1. The number of nitrogens with one attached hydrogen (secondary N) is 1. The van der Waals surface area contributed by atoms with Gasteiger partial charge in [0.25, 0.3) is 5.91 Å². The van der Waals surface area contributed by atoms with Crippen LogP contribution < -0.4 is 10.1 Å². The fourth-order valence-electron chi connectivity index (χ4n) is 1.88. The average Bonchev–Trinajstić information content (AvgIpc) is 2.53. The second-order valence-corrected chi connectivity index (χ2v) is 6.04. The van der Waals surface area contributed by atoms with E-state index in [1.165, 1.54) is 13.0 Å². The van der Waals surface area contributed by atoms with Crippen LogP contribution in [0.15, 0.2) is 54.1 Å². The first-order valence-corrected chi connectivity index (χ1v) is 8.03. The summed E-state index contributed by atoms with van der Waals surface area (Å²) in [5.41, 5.74) is 1.26. The van der Waals surface area contributed by atoms with E-state index < -0.39 is 11.9 Å². The van der Waals surface area contributed by atoms with Crippen LogP contribution in [0.1, 0.15) is 12.5 Å². The van der Waals surface area contributed by atoms with Crippen molar-refractivity contribution < 1.29 is 14.3 Å². The first-order chi connectivity index (χ1) is 11.5. The Labute approximate surface area is 153 Å². The smallest absolute Gasteiger partial charge is 0.308 e. The van der Waals surface area contributed by atoms with Crippen molar-refractivity contribution >= 4 is 46.2 Å². The van der Waals surface area contributed by atoms with Gasteiger partial charge < -0.3 is 10.1 Å². The first kappa shape index (κ1) is 17.7. The Morgan fingerprint density at radius 3 is 2.50 bits per heavy atom. The summed E-state index contributed by atoms with van der Waals surface area (Å²) in [5.74, 6) is -0.488. The minimum Gasteiger partial charge on any atom is -0.427 e. The number of hydrogen-bond acceptors (Lipinski definition) is 4. The maximum absolute atomic E-state index is 12.2. The van der Waals surface area contributed by atoms with Crippen molar-refractivity contribution in [2.75, 3.05) is 5.32 Å². The van der Waals surface area contributed by atoms with Crippen LogP contribution in [0, 0.1) is 14.9 Å². The largest absolute Gasteiger partial charge is 0.427 e. The summed E-state index contributed by atoms with van der Waals surface area (Å²) in [6.45, 7) is 1.32. The van der Waals surface area contributed by atoms with Crippen molar-refractivity contribution in [2.24, 2.45) is 0 Å². The minimum absolute atomic E-state index is 0.0194. The second-order valence-electron chi connectivity index (χ2n) is 4.80. The zero-order valence-electron chi connectivity index (χ0n) is 12.7. The number of hydrogen-bond donors (Lipinski definition) is 1. The molecule has 5 nitrogen and oxygen atoms in total. The normalized spacial score (nSPS) is 10.6. The minimum atomic E-state index is -0.483. The highest BCUT2D eigenvalue weighted by atomic mass is 127. The standard InChI is InChI=1S/C18H13IN2O3/c1-12(22)24-17-7-5-13(6-8-17)9-14(11-20)18(23)21-16-4-2-3-15(19)10-16/h2-10H,1H3,(H,21,23). The summed E-state index contributed by atoms with van der Waals surface area (Å²) in [7, 11) is 0. The number of rotatable bonds is 4. The van der Waals surface area contributed by atoms with Crippen molar-refractivity contribution in [2.45, 2.75) is 6.92 Å². The number of ether oxygens (including phenoxy) is 1. The molecule has 2 rings (SSSR count). The van der Waals surface area contributed by atoms with E-state index in [2.05, 4.69) is 27.9 Å². The van der Waals surface area contributed by atoms with Crippen molar-refractivity contribution in [3.63, 3.8) is 0 Å². The van der Waals surface area contributed by atoms with E-state index in [-0.39, 0.29) is 5.57 Å². The molecule has 0 unspecified atom stereocenters. The lowest BCUT2D eigenvalue weighted by molar-refractivity contribution is -0.131. The summed E-state index contributed by atoms with van der Waals surface area (Å²) >= 11 is 2.14. The molecule has 0 saturated carbocycles. The zero-order valence-corrected chi connectivity index (χ0v) is 14.9. The third-order valence-electron chi connectivity index (χ3n) is 2.90. The molecule has 0 atom stereocenters. The third kappa shape index (κ3) is 5.21. The van der Waals surface area contributed by atoms with E-state index in [9.17, 15) is 14.9 Å². The maximum atomic E-state index is 12.2. The molecule has 6 heteroatoms. The molecule has 0 spiro atoms. The van der Waals surface area contributed by atoms with Crippen LogP contribution in [0.25, 0.3) is 6.08 Å². The van der Waals surface area contributed by atoms with Gasteiger partial charge in [0.1, 0.15) is 17.4 Å². The Morgan fingerprint density at radius 2 is 1.92 bits per heavy atom. The molecule has 0 radical (unpaired) electrons. The number of carbonyl (C=O) groups is 2. The topological polar surface area (TPSA) is 79.2 Å². The van der Waals surface area contributed by atoms with Crippen LogP contribution >= 0.6 is 22.6 Å². The molecule has 2 aromatic rings. The molecule has 0 bridgehead atoms. The second kappa shape index (κ2) is 8.26. The molecule has 2 aromatic carbocycles. The lowest BCUT2D eigenvalue weighted by Gasteiger charge is -2.05. The van der Waals surface area contributed by atoms with Crippen molar-refractivity contribution in [3.8, 4) is 11.8 Å². The Balaban J connectivity index is 2.15. The van der Waals surface area contributed by atoms with E-state index in [1.807, 2.05) is 18.2 Å². The molecule has 0 aliphatic carbocycles. The zero-order chi connectivity index (χ0) is 17.5. The number of esters is 1. The number of carbonyl (C=O) groups excluding carboxylic acids is 2. The maximum Gasteiger partial charge on any atom is 0.308 e. The van der Waals surface area contributed by atoms with Gasteiger partial charge in [-0.05, 0) is 64.6 Å². The fraction of sp³-hybridized carbons (Fsp3) is 0.0556. The third-order valence-corrected chi connectivity index (χ3v) is 3.57. The van der Waals surface area contributed by atoms with Gasteiger partial charge in [-0.25, -0.2) is 0 Å². The van der Waals surface area contributed by atoms with E-state index in [0.29, 0.717) is 17.0 Å². The average molecular weight is 432 g/mol. The Kier molecular flexibility index (Phi) is 6.09. The molecule has 1 amide bonds. The summed E-state index contributed by atoms with van der Waals surface area (Å²) in [5, 5.41) is 11.9. The van der Waals surface area contributed by atoms with E-state index in [0.717, 1.165) is 3.57 Å². The molecular weight excluding hydrogens is 419 g/mol. The van der Waals surface area contributed by atoms with Crippen molar-refractivity contribution in [1.29, 1.82) is 5.26 Å². The molecular formula is C18H13IN2O3. The first-order valence-electron chi connectivity index (χ1n) is 6.95. The van der Waals surface area contributed by atoms with Crippen molar-refractivity contribution in [1.82, 2.24) is 0 Å². The van der Waals surface area contributed by atoms with E-state index in [4.69, 9.17) is 4.74 Å². The van der Waals surface area contributed by atoms with Gasteiger partial charge in [0.15, 0.2) is 0 Å². The molecule has 0 heterocycles. The molecule has 0 aromatic heterocycles. The number of nitrogens with zero attached hydrogens (tertiary/aromatic N) is 1. The van der Waals surface area contributed by atoms with Gasteiger partial charge in [-0.15, -0.1) is 0 Å². The Bertz CT molecular complexity index is 836. The van der Waals surface area contributed by atoms with Crippen LogP contribution in [0.3, 0.4) is 0 Å². The number of anilines is 1. The monoisotopic (exact) mass is 432 g/mol. The fourth-order valence-corrected chi connectivity index (χ4v) is 2.42. The predicted octanol–water partition coefficient (Wildman–Crippen LogP) is 3.76. The molecule has 120 valence electrons. The molecule has 0 aliphatic heterocycles. The molecule has 0 fully saturated rings. The highest BCUT2D eigenvalue weighted by Crippen LogP contribution is 2.17. The van der Waals surface area contributed by atoms with Crippen LogP contribution in [0.4, 0.5) is 5.69 Å². The van der Waals surface area contributed by atoms with Crippen molar-refractivity contribution in [3.05, 3.63) is 63.2 Å². The lowest BCUT2D eigenvalue weighted by atomic mass is 10.1. The molecule has 0 aliphatic rings. The summed E-state index contributed by atoms with van der Waals surface area (Å²) in [4.78, 5) is 23.1. The van der Waals surface area contributed by atoms with Gasteiger partial charge in [-0.1, -0.05) is 18.2 Å². The van der Waals surface area contributed by atoms with Gasteiger partial charge in [-0.3, -0.25) is 9.59 Å². The summed E-state index contributed by atoms with van der Waals surface area (Å²) < 4.78 is 5.91. The van der Waals surface area contributed by atoms with Crippen LogP contribution in [-0.2, 0) is 9.59 Å². The van der Waals surface area contributed by atoms with Crippen LogP contribution in [0.5, 0.6) is 5.75 Å². The van der Waals surface area contributed by atoms with Gasteiger partial charge in [0.05, 0.1) is 0 Å². The molecule has 0 saturated heterocycles. The summed E-state index contributed by atoms with van der Waals surface area (Å²) in [6, 6.07) is 15.7. The number of halogens is 1. The van der Waals surface area contributed by atoms with Gasteiger partial charge >= 0.3 is 5.97 Å². The van der Waals surface area contributed by atoms with E-state index >= 15 is 0 Å². The van der Waals surface area contributed by atoms with Crippen LogP contribution in [0.2, 0.25) is 0 Å². The van der Waals surface area contributed by atoms with E-state index in [1.54, 1.807) is 36.4 Å². The van der Waals surface area contributed by atoms with Gasteiger partial charge in [0.2, 0.25) is 0 Å². The Hall–Kier alpha value is -2.66. The lowest BCUT2D eigenvalue weighted by Crippen LogP contribution is -2.13. The predicted molar refractivity (Wildman–Crippen MR) is 99.1 cm³/mol. The van der Waals surface area contributed by atoms with Crippen LogP contribution in [-0.4, -0.2) is 11.9 Å².